The average molecular weight is 200 g/mol. The molecule has 14 heavy (non-hydrogen) atoms. The Balaban J connectivity index is 2.86. The van der Waals surface area contributed by atoms with E-state index in [1.165, 1.54) is 0 Å². The predicted octanol–water partition coefficient (Wildman–Crippen LogP) is 2.55. The van der Waals surface area contributed by atoms with Crippen molar-refractivity contribution < 1.29 is 5.21 Å². The second kappa shape index (κ2) is 3.49. The number of nitrogens with zero attached hydrogens (tertiary/aromatic N) is 1. The second-order valence-corrected chi connectivity index (χ2v) is 6.37. The van der Waals surface area contributed by atoms with Crippen LogP contribution in [0.2, 0.25) is 0 Å². The Kier molecular flexibility index (Phi) is 2.99. The summed E-state index contributed by atoms with van der Waals surface area (Å²) < 4.78 is 0. The van der Waals surface area contributed by atoms with Gasteiger partial charge in [0.25, 0.3) is 0 Å². The lowest BCUT2D eigenvalue weighted by atomic mass is 9.71. The number of hydrogen-bond donors (Lipinski definition) is 0. The van der Waals surface area contributed by atoms with Crippen molar-refractivity contribution in [2.45, 2.75) is 65.5 Å². The van der Waals surface area contributed by atoms with Crippen LogP contribution in [0, 0.1) is 11.8 Å². The third-order valence-corrected chi connectivity index (χ3v) is 3.68. The van der Waals surface area contributed by atoms with Gasteiger partial charge in [-0.15, -0.1) is 0 Å². The zero-order valence-electron chi connectivity index (χ0n) is 10.5. The van der Waals surface area contributed by atoms with E-state index in [-0.39, 0.29) is 11.1 Å². The summed E-state index contributed by atoms with van der Waals surface area (Å²) in [4.78, 5) is 0. The standard InChI is InChI=1S/C12H25NO/c1-9(2)10-7-11(3,4)13(14)12(5,6)8-10/h9-10,14H,7-8H2,1-6H3/p+1. The fourth-order valence-corrected chi connectivity index (χ4v) is 2.83. The summed E-state index contributed by atoms with van der Waals surface area (Å²) in [7, 11) is 0. The smallest absolute Gasteiger partial charge is 0.0837 e. The van der Waals surface area contributed by atoms with Gasteiger partial charge in [0.15, 0.2) is 0 Å². The van der Waals surface area contributed by atoms with Gasteiger partial charge in [0.1, 0.15) is 0 Å². The Bertz CT molecular complexity index is 190. The first-order valence-electron chi connectivity index (χ1n) is 5.68. The molecule has 1 aliphatic heterocycles. The summed E-state index contributed by atoms with van der Waals surface area (Å²) in [5, 5.41) is 9.95. The first-order valence-corrected chi connectivity index (χ1v) is 5.68. The number of piperidine rings is 1. The maximum atomic E-state index is 8.14. The molecule has 84 valence electrons. The summed E-state index contributed by atoms with van der Waals surface area (Å²) in [6.07, 6.45) is 2.30. The summed E-state index contributed by atoms with van der Waals surface area (Å²) >= 11 is 0. The summed E-state index contributed by atoms with van der Waals surface area (Å²) in [5.74, 6) is 1.50. The van der Waals surface area contributed by atoms with Crippen molar-refractivity contribution in [1.29, 1.82) is 0 Å². The molecule has 0 aromatic heterocycles. The molecule has 0 bridgehead atoms. The van der Waals surface area contributed by atoms with E-state index in [4.69, 9.17) is 5.21 Å². The third kappa shape index (κ3) is 2.12. The average Bonchev–Trinajstić information content (AvgIpc) is 1.98. The highest BCUT2D eigenvalue weighted by molar-refractivity contribution is 4.96. The molecule has 0 aliphatic carbocycles. The van der Waals surface area contributed by atoms with E-state index in [1.807, 2.05) is 0 Å². The Hall–Kier alpha value is -0.0800. The topological polar surface area (TPSA) is 26.1 Å². The van der Waals surface area contributed by atoms with E-state index >= 15 is 0 Å². The maximum absolute atomic E-state index is 8.14. The molecule has 1 fully saturated rings. The quantitative estimate of drug-likeness (QED) is 0.597. The molecule has 0 spiro atoms. The predicted molar refractivity (Wildman–Crippen MR) is 61.2 cm³/mol. The van der Waals surface area contributed by atoms with Crippen molar-refractivity contribution in [3.05, 3.63) is 0 Å². The number of hydroxylamine groups is 2. The van der Waals surface area contributed by atoms with Crippen molar-refractivity contribution in [2.75, 3.05) is 0 Å². The lowest BCUT2D eigenvalue weighted by Gasteiger charge is -2.49. The van der Waals surface area contributed by atoms with Gasteiger partial charge in [-0.3, -0.25) is 0 Å². The van der Waals surface area contributed by atoms with Crippen LogP contribution in [0.15, 0.2) is 0 Å². The van der Waals surface area contributed by atoms with Gasteiger partial charge < -0.3 is 5.21 Å². The van der Waals surface area contributed by atoms with E-state index in [1.54, 1.807) is 5.06 Å². The molecule has 0 atom stereocenters. The van der Waals surface area contributed by atoms with Crippen LogP contribution in [0.3, 0.4) is 0 Å². The van der Waals surface area contributed by atoms with Gasteiger partial charge in [0.2, 0.25) is 0 Å². The van der Waals surface area contributed by atoms with Crippen LogP contribution in [0.25, 0.3) is 0 Å². The second-order valence-electron chi connectivity index (χ2n) is 6.37. The number of hydrogen-bond acceptors (Lipinski definition) is 1. The maximum Gasteiger partial charge on any atom is 0.0837 e. The molecule has 0 unspecified atom stereocenters. The van der Waals surface area contributed by atoms with Crippen molar-refractivity contribution >= 4 is 0 Å². The SMILES string of the molecule is CC(C)C1CC(C)(C)N([OH2+])C(C)(C)C1. The van der Waals surface area contributed by atoms with Gasteiger partial charge in [0, 0.05) is 0 Å². The first-order chi connectivity index (χ1) is 6.17. The molecule has 2 heteroatoms. The molecule has 2 nitrogen and oxygen atoms in total. The minimum Gasteiger partial charge on any atom is -0.338 e. The van der Waals surface area contributed by atoms with Crippen molar-refractivity contribution in [3.8, 4) is 0 Å². The van der Waals surface area contributed by atoms with Crippen molar-refractivity contribution in [1.82, 2.24) is 5.06 Å². The van der Waals surface area contributed by atoms with Gasteiger partial charge in [-0.2, -0.15) is 0 Å². The number of rotatable bonds is 1. The van der Waals surface area contributed by atoms with E-state index in [0.29, 0.717) is 0 Å². The molecule has 1 aliphatic rings. The Morgan fingerprint density at radius 3 is 1.71 bits per heavy atom. The van der Waals surface area contributed by atoms with Crippen molar-refractivity contribution in [3.63, 3.8) is 0 Å². The van der Waals surface area contributed by atoms with Crippen LogP contribution in [-0.2, 0) is 0 Å². The highest BCUT2D eigenvalue weighted by atomic mass is 16.5. The van der Waals surface area contributed by atoms with Crippen LogP contribution in [0.1, 0.15) is 54.4 Å². The Morgan fingerprint density at radius 2 is 1.43 bits per heavy atom. The van der Waals surface area contributed by atoms with Gasteiger partial charge in [-0.25, -0.2) is 0 Å². The van der Waals surface area contributed by atoms with E-state index < -0.39 is 0 Å². The monoisotopic (exact) mass is 200 g/mol. The summed E-state index contributed by atoms with van der Waals surface area (Å²) in [5.41, 5.74) is 0.0490. The minimum atomic E-state index is 0.0245. The normalized spacial score (nSPS) is 28.3. The zero-order chi connectivity index (χ0) is 11.1. The van der Waals surface area contributed by atoms with E-state index in [0.717, 1.165) is 24.7 Å². The van der Waals surface area contributed by atoms with Crippen LogP contribution in [0.5, 0.6) is 0 Å². The molecular formula is C12H26NO+. The van der Waals surface area contributed by atoms with Gasteiger partial charge >= 0.3 is 0 Å². The molecule has 1 saturated heterocycles. The van der Waals surface area contributed by atoms with Gasteiger partial charge in [-0.1, -0.05) is 18.9 Å². The highest BCUT2D eigenvalue weighted by Gasteiger charge is 2.48. The lowest BCUT2D eigenvalue weighted by molar-refractivity contribution is -0.253. The molecule has 0 aromatic carbocycles. The molecular weight excluding hydrogens is 174 g/mol. The molecule has 1 heterocycles. The van der Waals surface area contributed by atoms with Crippen LogP contribution in [0.4, 0.5) is 0 Å². The van der Waals surface area contributed by atoms with Gasteiger partial charge in [0.05, 0.1) is 11.1 Å². The first kappa shape index (κ1) is 12.0. The largest absolute Gasteiger partial charge is 0.338 e. The molecule has 1 rings (SSSR count). The minimum absolute atomic E-state index is 0.0245. The van der Waals surface area contributed by atoms with Crippen molar-refractivity contribution in [2.24, 2.45) is 11.8 Å². The van der Waals surface area contributed by atoms with E-state index in [2.05, 4.69) is 41.5 Å². The fraction of sp³-hybridized carbons (Fsp3) is 1.00. The van der Waals surface area contributed by atoms with Gasteiger partial charge in [-0.05, 0) is 52.4 Å². The van der Waals surface area contributed by atoms with Crippen LogP contribution >= 0.6 is 0 Å². The summed E-state index contributed by atoms with van der Waals surface area (Å²) in [6, 6.07) is 0. The molecule has 0 saturated carbocycles. The molecule has 0 aromatic rings. The zero-order valence-corrected chi connectivity index (χ0v) is 10.5. The summed E-state index contributed by atoms with van der Waals surface area (Å²) in [6.45, 7) is 13.4. The Morgan fingerprint density at radius 1 is 1.07 bits per heavy atom. The molecule has 2 N–H and O–H groups in total. The Labute approximate surface area is 88.3 Å². The fourth-order valence-electron chi connectivity index (χ4n) is 2.83. The van der Waals surface area contributed by atoms with Crippen LogP contribution in [-0.4, -0.2) is 21.3 Å². The molecule has 0 amide bonds. The van der Waals surface area contributed by atoms with Crippen LogP contribution < -0.4 is 0 Å². The third-order valence-electron chi connectivity index (χ3n) is 3.68. The lowest BCUT2D eigenvalue weighted by Crippen LogP contribution is -2.59. The molecule has 0 radical (unpaired) electrons. The van der Waals surface area contributed by atoms with E-state index in [9.17, 15) is 0 Å². The highest BCUT2D eigenvalue weighted by Crippen LogP contribution is 2.42.